The molecular weight excluding hydrogens is 456 g/mol. The number of nitrogens with one attached hydrogen (secondary N) is 1. The number of nitrogens with zero attached hydrogens (tertiary/aromatic N) is 3. The number of hydrogen-bond donors (Lipinski definition) is 3. The third kappa shape index (κ3) is 6.88. The summed E-state index contributed by atoms with van der Waals surface area (Å²) < 4.78 is 1.66. The van der Waals surface area contributed by atoms with E-state index in [0.717, 1.165) is 73.1 Å². The minimum absolute atomic E-state index is 0.329. The molecule has 0 bridgehead atoms. The predicted molar refractivity (Wildman–Crippen MR) is 130 cm³/mol. The number of aromatic nitrogens is 3. The average molecular weight is 485 g/mol. The lowest BCUT2D eigenvalue weighted by Crippen LogP contribution is -2.20. The summed E-state index contributed by atoms with van der Waals surface area (Å²) in [5, 5.41) is 26.0. The van der Waals surface area contributed by atoms with E-state index in [1.165, 1.54) is 5.56 Å². The number of halogens is 1. The van der Waals surface area contributed by atoms with Crippen LogP contribution in [0.15, 0.2) is 42.7 Å². The third-order valence-electron chi connectivity index (χ3n) is 5.51. The largest absolute Gasteiger partial charge is 0.481 e. The van der Waals surface area contributed by atoms with E-state index in [-0.39, 0.29) is 0 Å². The highest BCUT2D eigenvalue weighted by molar-refractivity contribution is 6.30. The van der Waals surface area contributed by atoms with Crippen LogP contribution >= 0.6 is 11.6 Å². The molecule has 0 radical (unpaired) electrons. The van der Waals surface area contributed by atoms with Crippen LogP contribution < -0.4 is 5.32 Å². The van der Waals surface area contributed by atoms with E-state index < -0.39 is 11.9 Å². The summed E-state index contributed by atoms with van der Waals surface area (Å²) in [6.07, 6.45) is 7.96. The molecule has 0 fully saturated rings. The summed E-state index contributed by atoms with van der Waals surface area (Å²) >= 11 is 5.91. The molecule has 0 saturated heterocycles. The third-order valence-corrected chi connectivity index (χ3v) is 5.76. The molecular formula is C25H29ClN4O4. The van der Waals surface area contributed by atoms with E-state index in [9.17, 15) is 9.90 Å². The van der Waals surface area contributed by atoms with Gasteiger partial charge >= 0.3 is 5.97 Å². The van der Waals surface area contributed by atoms with Gasteiger partial charge in [0.1, 0.15) is 5.69 Å². The summed E-state index contributed by atoms with van der Waals surface area (Å²) in [5.74, 6) is -1.74. The smallest absolute Gasteiger partial charge is 0.354 e. The monoisotopic (exact) mass is 484 g/mol. The van der Waals surface area contributed by atoms with E-state index in [1.54, 1.807) is 10.9 Å². The molecule has 0 saturated carbocycles. The van der Waals surface area contributed by atoms with E-state index in [4.69, 9.17) is 21.5 Å². The molecule has 2 aromatic heterocycles. The molecule has 3 N–H and O–H groups in total. The second-order valence-electron chi connectivity index (χ2n) is 8.09. The highest BCUT2D eigenvalue weighted by Gasteiger charge is 2.27. The molecule has 9 heteroatoms. The SMILES string of the molecule is CC(=O)O.O=C(O)c1c2c(nn1CCCNCCCc1ccc(Cl)cc1)-c1ccncc1CC2. The molecule has 1 aliphatic rings. The number of aryl methyl sites for hydroxylation is 3. The van der Waals surface area contributed by atoms with Crippen molar-refractivity contribution in [1.82, 2.24) is 20.1 Å². The van der Waals surface area contributed by atoms with Crippen molar-refractivity contribution in [3.63, 3.8) is 0 Å². The van der Waals surface area contributed by atoms with Crippen molar-refractivity contribution >= 4 is 23.5 Å². The summed E-state index contributed by atoms with van der Waals surface area (Å²) in [7, 11) is 0. The van der Waals surface area contributed by atoms with Gasteiger partial charge in [0.15, 0.2) is 0 Å². The summed E-state index contributed by atoms with van der Waals surface area (Å²) in [6, 6.07) is 9.89. The average Bonchev–Trinajstić information content (AvgIpc) is 3.18. The lowest BCUT2D eigenvalue weighted by atomic mass is 9.90. The van der Waals surface area contributed by atoms with Gasteiger partial charge in [-0.1, -0.05) is 23.7 Å². The van der Waals surface area contributed by atoms with Gasteiger partial charge in [-0.15, -0.1) is 0 Å². The van der Waals surface area contributed by atoms with Gasteiger partial charge in [0, 0.05) is 42.0 Å². The van der Waals surface area contributed by atoms with Crippen molar-refractivity contribution in [2.45, 2.75) is 45.6 Å². The van der Waals surface area contributed by atoms with E-state index >= 15 is 0 Å². The van der Waals surface area contributed by atoms with Gasteiger partial charge in [-0.05, 0) is 74.5 Å². The predicted octanol–water partition coefficient (Wildman–Crippen LogP) is 4.10. The quantitative estimate of drug-likeness (QED) is 0.391. The van der Waals surface area contributed by atoms with Crippen LogP contribution in [0.2, 0.25) is 5.02 Å². The lowest BCUT2D eigenvalue weighted by Gasteiger charge is -2.14. The van der Waals surface area contributed by atoms with E-state index in [2.05, 4.69) is 27.5 Å². The number of rotatable bonds is 9. The number of carboxylic acids is 2. The van der Waals surface area contributed by atoms with Crippen molar-refractivity contribution < 1.29 is 19.8 Å². The Balaban J connectivity index is 0.000000751. The molecule has 3 aromatic rings. The molecule has 1 aliphatic carbocycles. The van der Waals surface area contributed by atoms with Gasteiger partial charge in [-0.3, -0.25) is 14.5 Å². The number of fused-ring (bicyclic) bond motifs is 3. The molecule has 0 amide bonds. The second kappa shape index (κ2) is 12.3. The Bertz CT molecular complexity index is 1120. The molecule has 34 heavy (non-hydrogen) atoms. The Morgan fingerprint density at radius 2 is 1.79 bits per heavy atom. The number of benzene rings is 1. The first kappa shape index (κ1) is 25.4. The number of carboxylic acid groups (broad SMARTS) is 2. The number of carbonyl (C=O) groups is 2. The lowest BCUT2D eigenvalue weighted by molar-refractivity contribution is -0.134. The fourth-order valence-electron chi connectivity index (χ4n) is 4.02. The molecule has 8 nitrogen and oxygen atoms in total. The Morgan fingerprint density at radius 1 is 1.09 bits per heavy atom. The number of aromatic carboxylic acids is 1. The molecule has 2 heterocycles. The molecule has 180 valence electrons. The van der Waals surface area contributed by atoms with Crippen LogP contribution in [-0.4, -0.2) is 50.0 Å². The Hall–Kier alpha value is -3.23. The number of aliphatic carboxylic acids is 1. The fourth-order valence-corrected chi connectivity index (χ4v) is 4.14. The topological polar surface area (TPSA) is 117 Å². The minimum Gasteiger partial charge on any atom is -0.481 e. The maximum atomic E-state index is 11.9. The van der Waals surface area contributed by atoms with Crippen LogP contribution in [0.5, 0.6) is 0 Å². The first-order valence-electron chi connectivity index (χ1n) is 11.3. The summed E-state index contributed by atoms with van der Waals surface area (Å²) in [5.41, 5.74) is 5.39. The molecule has 4 rings (SSSR count). The first-order valence-corrected chi connectivity index (χ1v) is 11.7. The zero-order valence-corrected chi connectivity index (χ0v) is 19.9. The standard InChI is InChI=1S/C23H25ClN4O2.C2H4O2/c24-18-7-4-16(5-8-18)3-1-11-25-12-2-14-28-22(23(29)30)20-9-6-17-15-26-13-10-19(17)21(20)27-28;1-2(3)4/h4-5,7-8,10,13,15,25H,1-3,6,9,11-12,14H2,(H,29,30);1H3,(H,3,4). The maximum absolute atomic E-state index is 11.9. The van der Waals surface area contributed by atoms with Crippen LogP contribution in [-0.2, 0) is 30.6 Å². The summed E-state index contributed by atoms with van der Waals surface area (Å²) in [6.45, 7) is 3.41. The van der Waals surface area contributed by atoms with Crippen molar-refractivity contribution in [3.8, 4) is 11.3 Å². The molecule has 0 spiro atoms. The molecule has 0 atom stereocenters. The summed E-state index contributed by atoms with van der Waals surface area (Å²) in [4.78, 5) is 25.1. The van der Waals surface area contributed by atoms with Crippen LogP contribution in [0.1, 0.15) is 46.9 Å². The zero-order chi connectivity index (χ0) is 24.5. The number of hydrogen-bond acceptors (Lipinski definition) is 5. The van der Waals surface area contributed by atoms with E-state index in [0.29, 0.717) is 18.7 Å². The van der Waals surface area contributed by atoms with Crippen LogP contribution in [0.3, 0.4) is 0 Å². The van der Waals surface area contributed by atoms with Crippen molar-refractivity contribution in [1.29, 1.82) is 0 Å². The maximum Gasteiger partial charge on any atom is 0.354 e. The van der Waals surface area contributed by atoms with Crippen molar-refractivity contribution in [2.24, 2.45) is 0 Å². The van der Waals surface area contributed by atoms with Gasteiger partial charge in [0.05, 0.1) is 5.69 Å². The molecule has 0 aliphatic heterocycles. The van der Waals surface area contributed by atoms with Gasteiger partial charge in [-0.25, -0.2) is 4.79 Å². The van der Waals surface area contributed by atoms with Crippen molar-refractivity contribution in [3.05, 3.63) is 70.1 Å². The molecule has 0 unspecified atom stereocenters. The van der Waals surface area contributed by atoms with Gasteiger partial charge in [0.25, 0.3) is 5.97 Å². The van der Waals surface area contributed by atoms with E-state index in [1.807, 2.05) is 24.4 Å². The van der Waals surface area contributed by atoms with Crippen molar-refractivity contribution in [2.75, 3.05) is 13.1 Å². The normalized spacial score (nSPS) is 11.7. The van der Waals surface area contributed by atoms with Crippen LogP contribution in [0, 0.1) is 0 Å². The highest BCUT2D eigenvalue weighted by atomic mass is 35.5. The Morgan fingerprint density at radius 3 is 2.50 bits per heavy atom. The Labute approximate surface area is 203 Å². The highest BCUT2D eigenvalue weighted by Crippen LogP contribution is 2.34. The van der Waals surface area contributed by atoms with Gasteiger partial charge in [-0.2, -0.15) is 5.10 Å². The fraction of sp³-hybridized carbons (Fsp3) is 0.360. The Kier molecular flexibility index (Phi) is 9.18. The van der Waals surface area contributed by atoms with Crippen LogP contribution in [0.4, 0.5) is 0 Å². The van der Waals surface area contributed by atoms with Crippen LogP contribution in [0.25, 0.3) is 11.3 Å². The number of pyridine rings is 1. The minimum atomic E-state index is -0.905. The van der Waals surface area contributed by atoms with Gasteiger partial charge < -0.3 is 15.5 Å². The van der Waals surface area contributed by atoms with Gasteiger partial charge in [0.2, 0.25) is 0 Å². The molecule has 1 aromatic carbocycles. The zero-order valence-electron chi connectivity index (χ0n) is 19.1. The first-order chi connectivity index (χ1) is 16.4. The second-order valence-corrected chi connectivity index (χ2v) is 8.53.